The summed E-state index contributed by atoms with van der Waals surface area (Å²) in [6.45, 7) is -1.20. The summed E-state index contributed by atoms with van der Waals surface area (Å²) in [5, 5.41) is 8.88. The summed E-state index contributed by atoms with van der Waals surface area (Å²) in [6, 6.07) is 4.03. The second-order valence-corrected chi connectivity index (χ2v) is 6.95. The number of alkyl halides is 9. The molecule has 2 aromatic rings. The van der Waals surface area contributed by atoms with Crippen LogP contribution in [-0.4, -0.2) is 23.4 Å². The summed E-state index contributed by atoms with van der Waals surface area (Å²) in [4.78, 5) is 6.11. The van der Waals surface area contributed by atoms with Crippen LogP contribution in [0.3, 0.4) is 0 Å². The molecule has 3 rings (SSSR count). The third-order valence-electron chi connectivity index (χ3n) is 4.93. The van der Waals surface area contributed by atoms with Crippen LogP contribution in [0.4, 0.5) is 43.9 Å². The Morgan fingerprint density at radius 3 is 1.91 bits per heavy atom. The molecule has 0 spiro atoms. The molecule has 170 valence electrons. The molecule has 2 heterocycles. The number of hydrogen-bond donors (Lipinski definition) is 0. The molecule has 1 atom stereocenters. The quantitative estimate of drug-likeness (QED) is 0.521. The minimum absolute atomic E-state index is 0.0768. The fourth-order valence-corrected chi connectivity index (χ4v) is 3.26. The highest BCUT2D eigenvalue weighted by Gasteiger charge is 2.59. The SMILES string of the molecule is N#Cc1cc(C2=NCC(c3cc(C(F)(F)F)nc(C(F)(F)F)c3)(C(F)(F)F)C2)ccc1F. The Labute approximate surface area is 173 Å². The van der Waals surface area contributed by atoms with Gasteiger partial charge in [-0.15, -0.1) is 0 Å². The van der Waals surface area contributed by atoms with Gasteiger partial charge in [0.2, 0.25) is 0 Å². The number of rotatable bonds is 2. The summed E-state index contributed by atoms with van der Waals surface area (Å²) in [6.07, 6.45) is -17.3. The lowest BCUT2D eigenvalue weighted by atomic mass is 9.76. The van der Waals surface area contributed by atoms with Crippen LogP contribution in [-0.2, 0) is 17.8 Å². The van der Waals surface area contributed by atoms with Crippen molar-refractivity contribution in [1.29, 1.82) is 5.26 Å². The Kier molecular flexibility index (Phi) is 5.47. The highest BCUT2D eigenvalue weighted by Crippen LogP contribution is 2.49. The highest BCUT2D eigenvalue weighted by molar-refractivity contribution is 6.03. The predicted octanol–water partition coefficient (Wildman–Crippen LogP) is 5.82. The number of aromatic nitrogens is 1. The first-order valence-corrected chi connectivity index (χ1v) is 8.55. The van der Waals surface area contributed by atoms with E-state index in [2.05, 4.69) is 9.98 Å². The first-order valence-electron chi connectivity index (χ1n) is 8.55. The Bertz CT molecular complexity index is 1090. The van der Waals surface area contributed by atoms with Gasteiger partial charge in [-0.05, 0) is 35.4 Å². The van der Waals surface area contributed by atoms with E-state index >= 15 is 0 Å². The molecule has 1 aliphatic heterocycles. The van der Waals surface area contributed by atoms with E-state index in [4.69, 9.17) is 5.26 Å². The van der Waals surface area contributed by atoms with Crippen LogP contribution in [0.5, 0.6) is 0 Å². The minimum atomic E-state index is -5.44. The van der Waals surface area contributed by atoms with Gasteiger partial charge >= 0.3 is 18.5 Å². The predicted molar refractivity (Wildman–Crippen MR) is 89.1 cm³/mol. The summed E-state index contributed by atoms with van der Waals surface area (Å²) >= 11 is 0. The summed E-state index contributed by atoms with van der Waals surface area (Å²) in [5.74, 6) is -0.962. The molecular weight excluding hydrogens is 460 g/mol. The first-order chi connectivity index (χ1) is 14.6. The van der Waals surface area contributed by atoms with E-state index in [9.17, 15) is 43.9 Å². The average molecular weight is 469 g/mol. The van der Waals surface area contributed by atoms with Crippen molar-refractivity contribution in [1.82, 2.24) is 4.98 Å². The highest BCUT2D eigenvalue weighted by atomic mass is 19.4. The maximum Gasteiger partial charge on any atom is 0.433 e. The van der Waals surface area contributed by atoms with E-state index in [1.165, 1.54) is 6.07 Å². The van der Waals surface area contributed by atoms with E-state index in [0.29, 0.717) is 0 Å². The third-order valence-corrected chi connectivity index (χ3v) is 4.93. The molecule has 0 aliphatic carbocycles. The van der Waals surface area contributed by atoms with E-state index < -0.39 is 65.2 Å². The van der Waals surface area contributed by atoms with Crippen LogP contribution in [0.2, 0.25) is 0 Å². The Hall–Kier alpha value is -3.17. The zero-order valence-corrected chi connectivity index (χ0v) is 15.4. The van der Waals surface area contributed by atoms with Crippen LogP contribution >= 0.6 is 0 Å². The van der Waals surface area contributed by atoms with Crippen molar-refractivity contribution in [2.24, 2.45) is 4.99 Å². The molecule has 1 aliphatic rings. The van der Waals surface area contributed by atoms with Crippen molar-refractivity contribution in [2.75, 3.05) is 6.54 Å². The van der Waals surface area contributed by atoms with E-state index in [-0.39, 0.29) is 23.4 Å². The van der Waals surface area contributed by atoms with Gasteiger partial charge in [-0.3, -0.25) is 4.99 Å². The first kappa shape index (κ1) is 23.5. The lowest BCUT2D eigenvalue weighted by Crippen LogP contribution is -2.44. The molecule has 0 N–H and O–H groups in total. The number of nitrogens with zero attached hydrogens (tertiary/aromatic N) is 3. The average Bonchev–Trinajstić information content (AvgIpc) is 3.13. The van der Waals surface area contributed by atoms with E-state index in [1.54, 1.807) is 0 Å². The van der Waals surface area contributed by atoms with Crippen LogP contribution < -0.4 is 0 Å². The Morgan fingerprint density at radius 2 is 1.44 bits per heavy atom. The van der Waals surface area contributed by atoms with E-state index in [0.717, 1.165) is 18.2 Å². The summed E-state index contributed by atoms with van der Waals surface area (Å²) in [5.41, 5.74) is -9.76. The fraction of sp³-hybridized carbons (Fsp3) is 0.316. The lowest BCUT2D eigenvalue weighted by molar-refractivity contribution is -0.185. The van der Waals surface area contributed by atoms with Gasteiger partial charge in [-0.2, -0.15) is 44.8 Å². The number of nitriles is 1. The zero-order valence-electron chi connectivity index (χ0n) is 15.4. The number of hydrogen-bond acceptors (Lipinski definition) is 3. The molecule has 3 nitrogen and oxygen atoms in total. The Morgan fingerprint density at radius 1 is 0.875 bits per heavy atom. The van der Waals surface area contributed by atoms with Crippen LogP contribution in [0, 0.1) is 17.1 Å². The normalized spacial score (nSPS) is 19.6. The topological polar surface area (TPSA) is 49.0 Å². The maximum atomic E-state index is 14.1. The van der Waals surface area contributed by atoms with Gasteiger partial charge in [0.15, 0.2) is 0 Å². The second kappa shape index (κ2) is 7.46. The van der Waals surface area contributed by atoms with Gasteiger partial charge in [-0.25, -0.2) is 9.37 Å². The van der Waals surface area contributed by atoms with Crippen LogP contribution in [0.25, 0.3) is 0 Å². The van der Waals surface area contributed by atoms with Crippen molar-refractivity contribution in [3.05, 3.63) is 64.2 Å². The van der Waals surface area contributed by atoms with Gasteiger partial charge < -0.3 is 0 Å². The molecule has 0 amide bonds. The molecule has 13 heteroatoms. The van der Waals surface area contributed by atoms with Crippen LogP contribution in [0.15, 0.2) is 35.3 Å². The number of benzene rings is 1. The smallest absolute Gasteiger partial charge is 0.288 e. The molecule has 0 fully saturated rings. The summed E-state index contributed by atoms with van der Waals surface area (Å²) in [7, 11) is 0. The number of pyridine rings is 1. The van der Waals surface area contributed by atoms with Crippen molar-refractivity contribution in [3.63, 3.8) is 0 Å². The molecule has 1 unspecified atom stereocenters. The number of aliphatic imine (C=N–C) groups is 1. The van der Waals surface area contributed by atoms with Crippen molar-refractivity contribution in [3.8, 4) is 6.07 Å². The van der Waals surface area contributed by atoms with Crippen molar-refractivity contribution >= 4 is 5.71 Å². The molecule has 0 saturated carbocycles. The monoisotopic (exact) mass is 469 g/mol. The van der Waals surface area contributed by atoms with Gasteiger partial charge in [0, 0.05) is 12.1 Å². The maximum absolute atomic E-state index is 14.1. The van der Waals surface area contributed by atoms with Gasteiger partial charge in [0.25, 0.3) is 0 Å². The van der Waals surface area contributed by atoms with Crippen molar-refractivity contribution in [2.45, 2.75) is 30.4 Å². The molecule has 0 bridgehead atoms. The molecule has 1 aromatic carbocycles. The standard InChI is InChI=1S/C19H9F10N3/c20-12-2-1-9(3-10(12)7-30)13-6-16(8-31-13,19(27,28)29)11-4-14(17(21,22)23)32-15(5-11)18(24,25)26/h1-5H,6,8H2. The van der Waals surface area contributed by atoms with Gasteiger partial charge in [0.1, 0.15) is 28.7 Å². The van der Waals surface area contributed by atoms with Crippen molar-refractivity contribution < 1.29 is 43.9 Å². The second-order valence-electron chi connectivity index (χ2n) is 6.95. The van der Waals surface area contributed by atoms with Gasteiger partial charge in [0.05, 0.1) is 12.1 Å². The Balaban J connectivity index is 2.17. The molecule has 32 heavy (non-hydrogen) atoms. The van der Waals surface area contributed by atoms with Crippen LogP contribution in [0.1, 0.15) is 34.5 Å². The third kappa shape index (κ3) is 4.13. The summed E-state index contributed by atoms with van der Waals surface area (Å²) < 4.78 is 134. The van der Waals surface area contributed by atoms with Gasteiger partial charge in [-0.1, -0.05) is 6.07 Å². The number of halogens is 10. The lowest BCUT2D eigenvalue weighted by Gasteiger charge is -2.32. The fourth-order valence-electron chi connectivity index (χ4n) is 3.26. The van der Waals surface area contributed by atoms with E-state index in [1.807, 2.05) is 0 Å². The molecule has 0 radical (unpaired) electrons. The molecular formula is C19H9F10N3. The largest absolute Gasteiger partial charge is 0.433 e. The zero-order chi connectivity index (χ0) is 24.1. The molecule has 0 saturated heterocycles. The minimum Gasteiger partial charge on any atom is -0.288 e. The molecule has 1 aromatic heterocycles.